The highest BCUT2D eigenvalue weighted by Crippen LogP contribution is 2.21. The summed E-state index contributed by atoms with van der Waals surface area (Å²) in [5, 5.41) is 18.3. The first-order valence-electron chi connectivity index (χ1n) is 8.40. The standard InChI is InChI=1S/C18H11F3N6O2S/c19-9-4-10(20)15(11(21)5-9)16(28)8-3-13(22-6-8)17(29)23-7-14-26-27-18(30-14)12-1-2-24-25-12/h1-6,22H,7H2,(H,23,29)(H,24,25). The lowest BCUT2D eigenvalue weighted by Gasteiger charge is -2.03. The molecule has 0 saturated heterocycles. The molecule has 3 heterocycles. The number of hydrogen-bond donors (Lipinski definition) is 3. The lowest BCUT2D eigenvalue weighted by molar-refractivity contribution is 0.0946. The van der Waals surface area contributed by atoms with Crippen LogP contribution in [0.3, 0.4) is 0 Å². The highest BCUT2D eigenvalue weighted by atomic mass is 32.1. The molecule has 0 saturated carbocycles. The molecule has 0 unspecified atom stereocenters. The number of carbonyl (C=O) groups is 2. The summed E-state index contributed by atoms with van der Waals surface area (Å²) >= 11 is 1.25. The first-order valence-corrected chi connectivity index (χ1v) is 9.22. The van der Waals surface area contributed by atoms with Crippen molar-refractivity contribution in [2.45, 2.75) is 6.54 Å². The molecule has 0 fully saturated rings. The Morgan fingerprint density at radius 3 is 2.57 bits per heavy atom. The number of rotatable bonds is 6. The van der Waals surface area contributed by atoms with Gasteiger partial charge in [0.05, 0.1) is 17.8 Å². The van der Waals surface area contributed by atoms with Gasteiger partial charge in [0.1, 0.15) is 28.2 Å². The summed E-state index contributed by atoms with van der Waals surface area (Å²) in [6, 6.07) is 3.70. The van der Waals surface area contributed by atoms with Crippen molar-refractivity contribution in [2.24, 2.45) is 0 Å². The SMILES string of the molecule is O=C(NCc1nnc(-c2ccn[nH]2)s1)c1cc(C(=O)c2c(F)cc(F)cc2F)c[nH]1. The topological polar surface area (TPSA) is 116 Å². The van der Waals surface area contributed by atoms with E-state index < -0.39 is 34.7 Å². The van der Waals surface area contributed by atoms with Gasteiger partial charge in [0, 0.05) is 30.1 Å². The van der Waals surface area contributed by atoms with Crippen molar-refractivity contribution in [3.63, 3.8) is 0 Å². The van der Waals surface area contributed by atoms with Crippen LogP contribution >= 0.6 is 11.3 Å². The van der Waals surface area contributed by atoms with Crippen molar-refractivity contribution in [1.29, 1.82) is 0 Å². The number of benzene rings is 1. The first kappa shape index (κ1) is 19.5. The molecule has 0 radical (unpaired) electrons. The fraction of sp³-hybridized carbons (Fsp3) is 0.0556. The molecule has 0 aliphatic rings. The Hall–Kier alpha value is -3.80. The minimum absolute atomic E-state index is 0.000385. The molecule has 152 valence electrons. The molecule has 1 aromatic carbocycles. The lowest BCUT2D eigenvalue weighted by atomic mass is 10.0. The maximum absolute atomic E-state index is 13.8. The van der Waals surface area contributed by atoms with Crippen molar-refractivity contribution in [1.82, 2.24) is 30.7 Å². The number of carbonyl (C=O) groups excluding carboxylic acids is 2. The van der Waals surface area contributed by atoms with Crippen LogP contribution in [0.4, 0.5) is 13.2 Å². The van der Waals surface area contributed by atoms with Gasteiger partial charge in [-0.15, -0.1) is 10.2 Å². The van der Waals surface area contributed by atoms with E-state index in [1.165, 1.54) is 11.3 Å². The van der Waals surface area contributed by atoms with E-state index in [1.54, 1.807) is 12.3 Å². The van der Waals surface area contributed by atoms with Gasteiger partial charge in [-0.3, -0.25) is 14.7 Å². The van der Waals surface area contributed by atoms with Gasteiger partial charge in [0.15, 0.2) is 10.8 Å². The average molecular weight is 432 g/mol. The summed E-state index contributed by atoms with van der Waals surface area (Å²) in [7, 11) is 0. The van der Waals surface area contributed by atoms with Crippen molar-refractivity contribution >= 4 is 23.0 Å². The Kier molecular flexibility index (Phi) is 5.14. The summed E-state index contributed by atoms with van der Waals surface area (Å²) in [6.45, 7) is 0.0775. The Bertz CT molecular complexity index is 1210. The van der Waals surface area contributed by atoms with Crippen molar-refractivity contribution in [3.05, 3.63) is 75.9 Å². The Labute approximate surface area is 170 Å². The summed E-state index contributed by atoms with van der Waals surface area (Å²) in [5.41, 5.74) is -0.359. The number of H-pyrrole nitrogens is 2. The van der Waals surface area contributed by atoms with Crippen LogP contribution < -0.4 is 5.32 Å². The molecule has 4 rings (SSSR count). The second-order valence-electron chi connectivity index (χ2n) is 6.03. The predicted octanol–water partition coefficient (Wildman–Crippen LogP) is 2.83. The minimum Gasteiger partial charge on any atom is -0.356 e. The second kappa shape index (κ2) is 7.91. The fourth-order valence-electron chi connectivity index (χ4n) is 2.62. The first-order chi connectivity index (χ1) is 14.4. The molecule has 0 atom stereocenters. The van der Waals surface area contributed by atoms with Crippen LogP contribution in [0.5, 0.6) is 0 Å². The van der Waals surface area contributed by atoms with Crippen LogP contribution in [0, 0.1) is 17.5 Å². The van der Waals surface area contributed by atoms with E-state index in [0.717, 1.165) is 12.3 Å². The largest absolute Gasteiger partial charge is 0.356 e. The number of amides is 1. The Morgan fingerprint density at radius 2 is 1.87 bits per heavy atom. The van der Waals surface area contributed by atoms with E-state index in [4.69, 9.17) is 0 Å². The van der Waals surface area contributed by atoms with Crippen molar-refractivity contribution < 1.29 is 22.8 Å². The highest BCUT2D eigenvalue weighted by molar-refractivity contribution is 7.14. The maximum atomic E-state index is 13.8. The maximum Gasteiger partial charge on any atom is 0.268 e. The Balaban J connectivity index is 1.44. The molecule has 12 heteroatoms. The molecule has 0 aliphatic heterocycles. The smallest absolute Gasteiger partial charge is 0.268 e. The van der Waals surface area contributed by atoms with Gasteiger partial charge < -0.3 is 10.3 Å². The Morgan fingerprint density at radius 1 is 1.10 bits per heavy atom. The van der Waals surface area contributed by atoms with Gasteiger partial charge in [0.25, 0.3) is 5.91 Å². The van der Waals surface area contributed by atoms with E-state index >= 15 is 0 Å². The number of aromatic amines is 2. The summed E-state index contributed by atoms with van der Waals surface area (Å²) in [6.07, 6.45) is 2.72. The molecule has 3 N–H and O–H groups in total. The molecule has 0 spiro atoms. The van der Waals surface area contributed by atoms with Gasteiger partial charge in [-0.05, 0) is 12.1 Å². The summed E-state index contributed by atoms with van der Waals surface area (Å²) in [5.74, 6) is -5.37. The van der Waals surface area contributed by atoms with Crippen molar-refractivity contribution in [2.75, 3.05) is 0 Å². The van der Waals surface area contributed by atoms with E-state index in [0.29, 0.717) is 27.8 Å². The molecule has 4 aromatic rings. The third-order valence-electron chi connectivity index (χ3n) is 4.02. The summed E-state index contributed by atoms with van der Waals surface area (Å²) in [4.78, 5) is 27.2. The van der Waals surface area contributed by atoms with Crippen LogP contribution in [0.25, 0.3) is 10.7 Å². The van der Waals surface area contributed by atoms with Crippen LogP contribution in [-0.2, 0) is 6.54 Å². The molecular weight excluding hydrogens is 421 g/mol. The molecular formula is C18H11F3N6O2S. The molecule has 3 aromatic heterocycles. The second-order valence-corrected chi connectivity index (χ2v) is 7.09. The van der Waals surface area contributed by atoms with Gasteiger partial charge in [-0.25, -0.2) is 13.2 Å². The zero-order valence-corrected chi connectivity index (χ0v) is 15.7. The van der Waals surface area contributed by atoms with Crippen molar-refractivity contribution in [3.8, 4) is 10.7 Å². The third-order valence-corrected chi connectivity index (χ3v) is 4.98. The van der Waals surface area contributed by atoms with Gasteiger partial charge in [-0.2, -0.15) is 5.10 Å². The van der Waals surface area contributed by atoms with Gasteiger partial charge >= 0.3 is 0 Å². The predicted molar refractivity (Wildman–Crippen MR) is 99.2 cm³/mol. The average Bonchev–Trinajstić information content (AvgIpc) is 3.46. The molecule has 0 aliphatic carbocycles. The minimum atomic E-state index is -1.32. The van der Waals surface area contributed by atoms with E-state index in [2.05, 4.69) is 30.7 Å². The van der Waals surface area contributed by atoms with E-state index in [-0.39, 0.29) is 17.8 Å². The zero-order chi connectivity index (χ0) is 21.3. The highest BCUT2D eigenvalue weighted by Gasteiger charge is 2.22. The number of ketones is 1. The lowest BCUT2D eigenvalue weighted by Crippen LogP contribution is -2.23. The normalized spacial score (nSPS) is 10.9. The monoisotopic (exact) mass is 432 g/mol. The van der Waals surface area contributed by atoms with E-state index in [1.807, 2.05) is 0 Å². The number of halogens is 3. The van der Waals surface area contributed by atoms with Gasteiger partial charge in [-0.1, -0.05) is 11.3 Å². The van der Waals surface area contributed by atoms with Crippen LogP contribution in [-0.4, -0.2) is 37.1 Å². The molecule has 30 heavy (non-hydrogen) atoms. The molecule has 1 amide bonds. The fourth-order valence-corrected chi connectivity index (χ4v) is 3.37. The van der Waals surface area contributed by atoms with Gasteiger partial charge in [0.2, 0.25) is 0 Å². The third kappa shape index (κ3) is 3.85. The number of aromatic nitrogens is 5. The summed E-state index contributed by atoms with van der Waals surface area (Å²) < 4.78 is 40.7. The number of hydrogen-bond acceptors (Lipinski definition) is 6. The van der Waals surface area contributed by atoms with Crippen LogP contribution in [0.1, 0.15) is 31.4 Å². The molecule has 8 nitrogen and oxygen atoms in total. The quantitative estimate of drug-likeness (QED) is 0.405. The van der Waals surface area contributed by atoms with Crippen LogP contribution in [0.15, 0.2) is 36.7 Å². The molecule has 0 bridgehead atoms. The number of nitrogens with zero attached hydrogens (tertiary/aromatic N) is 3. The van der Waals surface area contributed by atoms with Crippen LogP contribution in [0.2, 0.25) is 0 Å². The number of nitrogens with one attached hydrogen (secondary N) is 3. The zero-order valence-electron chi connectivity index (χ0n) is 14.9. The van der Waals surface area contributed by atoms with E-state index in [9.17, 15) is 22.8 Å².